The van der Waals surface area contributed by atoms with Crippen molar-refractivity contribution in [3.63, 3.8) is 0 Å². The minimum atomic E-state index is -0.261. The Hall–Kier alpha value is -1.96. The van der Waals surface area contributed by atoms with Gasteiger partial charge in [0.25, 0.3) is 0 Å². The normalized spacial score (nSPS) is 11.6. The first-order valence-electron chi connectivity index (χ1n) is 5.51. The Morgan fingerprint density at radius 3 is 2.72 bits per heavy atom. The van der Waals surface area contributed by atoms with E-state index in [0.29, 0.717) is 11.4 Å². The summed E-state index contributed by atoms with van der Waals surface area (Å²) in [5, 5.41) is 0.633. The first-order valence-corrected chi connectivity index (χ1v) is 5.89. The van der Waals surface area contributed by atoms with Crippen LogP contribution >= 0.6 is 11.6 Å². The van der Waals surface area contributed by atoms with E-state index in [1.807, 2.05) is 30.3 Å². The maximum absolute atomic E-state index is 10.5. The highest BCUT2D eigenvalue weighted by molar-refractivity contribution is 6.30. The van der Waals surface area contributed by atoms with Crippen LogP contribution in [0, 0.1) is 0 Å². The maximum atomic E-state index is 10.5. The molecule has 18 heavy (non-hydrogen) atoms. The highest BCUT2D eigenvalue weighted by Crippen LogP contribution is 2.24. The summed E-state index contributed by atoms with van der Waals surface area (Å²) in [5.74, 6) is 0. The fourth-order valence-corrected chi connectivity index (χ4v) is 1.96. The van der Waals surface area contributed by atoms with E-state index < -0.39 is 0 Å². The standard InChI is InChI=1S/C14H11ClN2O/c15-13-3-1-2-12(9-13)14(17-10-18)8-11-4-6-16-7-5-11/h1-7,9,14H,8H2. The van der Waals surface area contributed by atoms with E-state index in [-0.39, 0.29) is 6.04 Å². The van der Waals surface area contributed by atoms with Crippen LogP contribution in [-0.4, -0.2) is 11.1 Å². The average Bonchev–Trinajstić information content (AvgIpc) is 2.39. The molecular formula is C14H11ClN2O. The summed E-state index contributed by atoms with van der Waals surface area (Å²) in [6.45, 7) is 0. The van der Waals surface area contributed by atoms with Crippen molar-refractivity contribution in [1.82, 2.24) is 4.98 Å². The molecule has 1 aromatic carbocycles. The molecule has 0 aliphatic heterocycles. The molecule has 2 rings (SSSR count). The zero-order chi connectivity index (χ0) is 12.8. The summed E-state index contributed by atoms with van der Waals surface area (Å²) < 4.78 is 0. The van der Waals surface area contributed by atoms with Crippen molar-refractivity contribution in [1.29, 1.82) is 0 Å². The largest absolute Gasteiger partial charge is 0.265 e. The Labute approximate surface area is 110 Å². The van der Waals surface area contributed by atoms with Crippen molar-refractivity contribution in [3.05, 3.63) is 64.9 Å². The van der Waals surface area contributed by atoms with Crippen molar-refractivity contribution >= 4 is 17.7 Å². The zero-order valence-corrected chi connectivity index (χ0v) is 10.3. The van der Waals surface area contributed by atoms with Crippen LogP contribution in [-0.2, 0) is 11.2 Å². The van der Waals surface area contributed by atoms with Crippen LogP contribution in [0.25, 0.3) is 0 Å². The second-order valence-electron chi connectivity index (χ2n) is 3.85. The van der Waals surface area contributed by atoms with Gasteiger partial charge in [0.1, 0.15) is 0 Å². The minimum Gasteiger partial charge on any atom is -0.265 e. The van der Waals surface area contributed by atoms with Crippen LogP contribution in [0.1, 0.15) is 17.2 Å². The lowest BCUT2D eigenvalue weighted by molar-refractivity contribution is 0.557. The van der Waals surface area contributed by atoms with Crippen LogP contribution in [0.2, 0.25) is 5.02 Å². The van der Waals surface area contributed by atoms with Crippen LogP contribution in [0.5, 0.6) is 0 Å². The lowest BCUT2D eigenvalue weighted by Crippen LogP contribution is -2.00. The smallest absolute Gasteiger partial charge is 0.235 e. The summed E-state index contributed by atoms with van der Waals surface area (Å²) in [6, 6.07) is 10.9. The Kier molecular flexibility index (Phi) is 4.24. The summed E-state index contributed by atoms with van der Waals surface area (Å²) in [6.07, 6.45) is 5.68. The van der Waals surface area contributed by atoms with E-state index >= 15 is 0 Å². The van der Waals surface area contributed by atoms with E-state index in [1.165, 1.54) is 0 Å². The number of halogens is 1. The fraction of sp³-hybridized carbons (Fsp3) is 0.143. The van der Waals surface area contributed by atoms with E-state index in [1.54, 1.807) is 24.5 Å². The van der Waals surface area contributed by atoms with Gasteiger partial charge >= 0.3 is 0 Å². The van der Waals surface area contributed by atoms with Crippen LogP contribution in [0.4, 0.5) is 0 Å². The van der Waals surface area contributed by atoms with Gasteiger partial charge in [0.15, 0.2) is 0 Å². The number of aromatic nitrogens is 1. The van der Waals surface area contributed by atoms with Gasteiger partial charge < -0.3 is 0 Å². The zero-order valence-electron chi connectivity index (χ0n) is 9.58. The first-order chi connectivity index (χ1) is 8.79. The highest BCUT2D eigenvalue weighted by Gasteiger charge is 2.11. The lowest BCUT2D eigenvalue weighted by atomic mass is 10.0. The number of isocyanates is 1. The molecule has 90 valence electrons. The second-order valence-corrected chi connectivity index (χ2v) is 4.29. The van der Waals surface area contributed by atoms with Gasteiger partial charge in [-0.15, -0.1) is 0 Å². The highest BCUT2D eigenvalue weighted by atomic mass is 35.5. The number of hydrogen-bond donors (Lipinski definition) is 0. The van der Waals surface area contributed by atoms with Crippen molar-refractivity contribution in [2.24, 2.45) is 4.99 Å². The third kappa shape index (κ3) is 3.27. The molecule has 0 saturated carbocycles. The molecule has 3 nitrogen and oxygen atoms in total. The molecule has 0 fully saturated rings. The molecule has 0 spiro atoms. The number of aliphatic imine (C=N–C) groups is 1. The number of hydrogen-bond acceptors (Lipinski definition) is 3. The minimum absolute atomic E-state index is 0.261. The summed E-state index contributed by atoms with van der Waals surface area (Å²) in [7, 11) is 0. The number of carbonyl (C=O) groups excluding carboxylic acids is 1. The van der Waals surface area contributed by atoms with Gasteiger partial charge in [-0.05, 0) is 41.8 Å². The molecule has 0 saturated heterocycles. The topological polar surface area (TPSA) is 42.3 Å². The lowest BCUT2D eigenvalue weighted by Gasteiger charge is -2.11. The van der Waals surface area contributed by atoms with Crippen LogP contribution in [0.15, 0.2) is 53.8 Å². The number of nitrogens with zero attached hydrogens (tertiary/aromatic N) is 2. The van der Waals surface area contributed by atoms with Gasteiger partial charge in [0.2, 0.25) is 6.08 Å². The Morgan fingerprint density at radius 2 is 2.06 bits per heavy atom. The molecule has 4 heteroatoms. The van der Waals surface area contributed by atoms with Gasteiger partial charge in [-0.3, -0.25) is 4.98 Å². The number of rotatable bonds is 4. The third-order valence-electron chi connectivity index (χ3n) is 2.62. The van der Waals surface area contributed by atoms with E-state index in [2.05, 4.69) is 9.98 Å². The molecule has 0 N–H and O–H groups in total. The molecular weight excluding hydrogens is 248 g/mol. The molecule has 1 atom stereocenters. The van der Waals surface area contributed by atoms with E-state index in [9.17, 15) is 4.79 Å². The SMILES string of the molecule is O=C=NC(Cc1ccncc1)c1cccc(Cl)c1. The molecule has 0 aliphatic rings. The predicted octanol–water partition coefficient (Wildman–Crippen LogP) is 3.35. The Balaban J connectivity index is 2.26. The van der Waals surface area contributed by atoms with Gasteiger partial charge in [-0.1, -0.05) is 23.7 Å². The van der Waals surface area contributed by atoms with Crippen LogP contribution < -0.4 is 0 Å². The molecule has 1 unspecified atom stereocenters. The number of pyridine rings is 1. The van der Waals surface area contributed by atoms with Crippen LogP contribution in [0.3, 0.4) is 0 Å². The van der Waals surface area contributed by atoms with E-state index in [4.69, 9.17) is 11.6 Å². The summed E-state index contributed by atoms with van der Waals surface area (Å²) in [4.78, 5) is 18.3. The van der Waals surface area contributed by atoms with Gasteiger partial charge in [0.05, 0.1) is 6.04 Å². The predicted molar refractivity (Wildman–Crippen MR) is 70.3 cm³/mol. The molecule has 0 aliphatic carbocycles. The molecule has 0 bridgehead atoms. The molecule has 2 aromatic rings. The Morgan fingerprint density at radius 1 is 1.28 bits per heavy atom. The van der Waals surface area contributed by atoms with Crippen molar-refractivity contribution in [2.75, 3.05) is 0 Å². The summed E-state index contributed by atoms with van der Waals surface area (Å²) >= 11 is 5.94. The first kappa shape index (κ1) is 12.5. The average molecular weight is 259 g/mol. The number of benzene rings is 1. The van der Waals surface area contributed by atoms with Crippen molar-refractivity contribution in [2.45, 2.75) is 12.5 Å². The second kappa shape index (κ2) is 6.10. The molecule has 0 amide bonds. The quantitative estimate of drug-likeness (QED) is 0.623. The molecule has 1 aromatic heterocycles. The van der Waals surface area contributed by atoms with Gasteiger partial charge in [0, 0.05) is 17.4 Å². The van der Waals surface area contributed by atoms with Gasteiger partial charge in [-0.25, -0.2) is 4.79 Å². The van der Waals surface area contributed by atoms with Crippen molar-refractivity contribution in [3.8, 4) is 0 Å². The fourth-order valence-electron chi connectivity index (χ4n) is 1.76. The third-order valence-corrected chi connectivity index (χ3v) is 2.86. The maximum Gasteiger partial charge on any atom is 0.235 e. The van der Waals surface area contributed by atoms with Crippen molar-refractivity contribution < 1.29 is 4.79 Å². The Bertz CT molecular complexity index is 565. The van der Waals surface area contributed by atoms with Gasteiger partial charge in [-0.2, -0.15) is 4.99 Å². The summed E-state index contributed by atoms with van der Waals surface area (Å²) in [5.41, 5.74) is 1.97. The molecule has 1 heterocycles. The van der Waals surface area contributed by atoms with E-state index in [0.717, 1.165) is 11.1 Å². The molecule has 0 radical (unpaired) electrons. The monoisotopic (exact) mass is 258 g/mol.